The molecule has 0 spiro atoms. The van der Waals surface area contributed by atoms with E-state index >= 15 is 0 Å². The van der Waals surface area contributed by atoms with Gasteiger partial charge in [0.1, 0.15) is 4.87 Å². The zero-order valence-corrected chi connectivity index (χ0v) is 9.13. The number of nitrogens with zero attached hydrogens (tertiary/aromatic N) is 2. The van der Waals surface area contributed by atoms with Gasteiger partial charge in [0.05, 0.1) is 19.3 Å². The number of alkyl halides is 1. The highest BCUT2D eigenvalue weighted by Crippen LogP contribution is 2.46. The number of nitriles is 1. The Labute approximate surface area is 89.6 Å². The van der Waals surface area contributed by atoms with Crippen molar-refractivity contribution in [1.29, 1.82) is 5.26 Å². The quantitative estimate of drug-likeness (QED) is 0.616. The van der Waals surface area contributed by atoms with Crippen LogP contribution in [0, 0.1) is 17.2 Å². The first-order valence-corrected chi connectivity index (χ1v) is 5.47. The summed E-state index contributed by atoms with van der Waals surface area (Å²) in [5.74, 6) is 0.533. The lowest BCUT2D eigenvalue weighted by Gasteiger charge is -2.52. The molecule has 3 unspecified atom stereocenters. The number of ether oxygens (including phenoxy) is 1. The highest BCUT2D eigenvalue weighted by atomic mass is 35.5. The van der Waals surface area contributed by atoms with E-state index in [-0.39, 0.29) is 6.04 Å². The van der Waals surface area contributed by atoms with E-state index in [1.165, 1.54) is 0 Å². The van der Waals surface area contributed by atoms with Crippen LogP contribution in [0.15, 0.2) is 0 Å². The maximum Gasteiger partial charge on any atom is 0.147 e. The normalized spacial score (nSPS) is 44.1. The van der Waals surface area contributed by atoms with Crippen molar-refractivity contribution in [2.24, 2.45) is 5.92 Å². The number of hydrogen-bond acceptors (Lipinski definition) is 3. The fourth-order valence-corrected chi connectivity index (χ4v) is 3.20. The lowest BCUT2D eigenvalue weighted by Crippen LogP contribution is -2.63. The van der Waals surface area contributed by atoms with E-state index < -0.39 is 4.87 Å². The van der Waals surface area contributed by atoms with Gasteiger partial charge in [-0.15, -0.1) is 11.6 Å². The van der Waals surface area contributed by atoms with Crippen LogP contribution in [0.4, 0.5) is 0 Å². The third-order valence-electron chi connectivity index (χ3n) is 3.25. The van der Waals surface area contributed by atoms with Crippen molar-refractivity contribution in [1.82, 2.24) is 4.90 Å². The van der Waals surface area contributed by atoms with E-state index in [4.69, 9.17) is 21.6 Å². The van der Waals surface area contributed by atoms with Crippen molar-refractivity contribution in [2.45, 2.75) is 24.3 Å². The lowest BCUT2D eigenvalue weighted by atomic mass is 9.69. The monoisotopic (exact) mass is 214 g/mol. The minimum atomic E-state index is -0.642. The van der Waals surface area contributed by atoms with Gasteiger partial charge in [-0.05, 0) is 12.3 Å². The summed E-state index contributed by atoms with van der Waals surface area (Å²) in [5.41, 5.74) is 0. The number of rotatable bonds is 1. The summed E-state index contributed by atoms with van der Waals surface area (Å²) in [6, 6.07) is 2.46. The third-order valence-corrected chi connectivity index (χ3v) is 3.71. The second kappa shape index (κ2) is 3.69. The summed E-state index contributed by atoms with van der Waals surface area (Å²) in [6.45, 7) is 5.51. The molecule has 0 amide bonds. The molecule has 0 aromatic heterocycles. The second-order valence-electron chi connectivity index (χ2n) is 4.25. The minimum Gasteiger partial charge on any atom is -0.379 e. The highest BCUT2D eigenvalue weighted by molar-refractivity contribution is 6.27. The topological polar surface area (TPSA) is 36.3 Å². The van der Waals surface area contributed by atoms with Gasteiger partial charge in [0.25, 0.3) is 0 Å². The Hall–Kier alpha value is -0.300. The summed E-state index contributed by atoms with van der Waals surface area (Å²) >= 11 is 6.24. The van der Waals surface area contributed by atoms with Gasteiger partial charge in [0, 0.05) is 19.1 Å². The van der Waals surface area contributed by atoms with Crippen molar-refractivity contribution in [2.75, 3.05) is 26.3 Å². The van der Waals surface area contributed by atoms with Gasteiger partial charge < -0.3 is 4.74 Å². The van der Waals surface area contributed by atoms with Crippen LogP contribution >= 0.6 is 11.6 Å². The van der Waals surface area contributed by atoms with Crippen LogP contribution in [0.5, 0.6) is 0 Å². The first-order valence-electron chi connectivity index (χ1n) is 5.09. The Kier molecular flexibility index (Phi) is 2.70. The Bertz CT molecular complexity index is 259. The largest absolute Gasteiger partial charge is 0.379 e. The molecule has 3 nitrogen and oxygen atoms in total. The molecule has 1 heterocycles. The Morgan fingerprint density at radius 2 is 2.14 bits per heavy atom. The zero-order chi connectivity index (χ0) is 10.2. The molecule has 1 aliphatic carbocycles. The van der Waals surface area contributed by atoms with Crippen LogP contribution in [-0.4, -0.2) is 42.1 Å². The smallest absolute Gasteiger partial charge is 0.147 e. The van der Waals surface area contributed by atoms with Crippen molar-refractivity contribution in [3.63, 3.8) is 0 Å². The molecule has 4 heteroatoms. The van der Waals surface area contributed by atoms with Gasteiger partial charge >= 0.3 is 0 Å². The van der Waals surface area contributed by atoms with E-state index in [2.05, 4.69) is 17.9 Å². The maximum absolute atomic E-state index is 9.02. The minimum absolute atomic E-state index is 0.220. The van der Waals surface area contributed by atoms with Crippen LogP contribution in [0.1, 0.15) is 13.3 Å². The summed E-state index contributed by atoms with van der Waals surface area (Å²) < 4.78 is 5.29. The molecule has 1 saturated heterocycles. The molecule has 0 aromatic carbocycles. The molecule has 0 N–H and O–H groups in total. The van der Waals surface area contributed by atoms with E-state index in [1.807, 2.05) is 0 Å². The van der Waals surface area contributed by atoms with E-state index in [9.17, 15) is 0 Å². The Morgan fingerprint density at radius 3 is 2.64 bits per heavy atom. The standard InChI is InChI=1S/C10H15ClN2O/c1-8-6-10(11,7-12)9(8)13-2-4-14-5-3-13/h8-9H,2-6H2,1H3. The molecule has 2 fully saturated rings. The molecule has 1 saturated carbocycles. The van der Waals surface area contributed by atoms with Gasteiger partial charge in [0.2, 0.25) is 0 Å². The lowest BCUT2D eigenvalue weighted by molar-refractivity contribution is -0.0311. The van der Waals surface area contributed by atoms with Crippen LogP contribution in [0.2, 0.25) is 0 Å². The van der Waals surface area contributed by atoms with Crippen molar-refractivity contribution in [3.8, 4) is 6.07 Å². The Balaban J connectivity index is 2.05. The maximum atomic E-state index is 9.02. The Morgan fingerprint density at radius 1 is 1.50 bits per heavy atom. The van der Waals surface area contributed by atoms with Crippen LogP contribution < -0.4 is 0 Å². The van der Waals surface area contributed by atoms with E-state index in [0.717, 1.165) is 32.7 Å². The predicted octanol–water partition coefficient (Wildman–Crippen LogP) is 1.23. The van der Waals surface area contributed by atoms with Crippen molar-refractivity contribution < 1.29 is 4.74 Å². The predicted molar refractivity (Wildman–Crippen MR) is 54.2 cm³/mol. The van der Waals surface area contributed by atoms with Crippen LogP contribution in [0.25, 0.3) is 0 Å². The number of hydrogen-bond donors (Lipinski definition) is 0. The molecular formula is C10H15ClN2O. The van der Waals surface area contributed by atoms with Crippen LogP contribution in [0.3, 0.4) is 0 Å². The van der Waals surface area contributed by atoms with E-state index in [1.54, 1.807) is 0 Å². The molecule has 2 aliphatic rings. The second-order valence-corrected chi connectivity index (χ2v) is 4.92. The molecule has 3 atom stereocenters. The molecular weight excluding hydrogens is 200 g/mol. The molecule has 1 aliphatic heterocycles. The van der Waals surface area contributed by atoms with Crippen molar-refractivity contribution >= 4 is 11.6 Å². The number of morpholine rings is 1. The van der Waals surface area contributed by atoms with Gasteiger partial charge in [0.15, 0.2) is 0 Å². The van der Waals surface area contributed by atoms with Gasteiger partial charge in [-0.3, -0.25) is 4.90 Å². The summed E-state index contributed by atoms with van der Waals surface area (Å²) in [5, 5.41) is 9.02. The number of halogens is 1. The first kappa shape index (κ1) is 10.2. The van der Waals surface area contributed by atoms with E-state index in [0.29, 0.717) is 5.92 Å². The zero-order valence-electron chi connectivity index (χ0n) is 8.37. The van der Waals surface area contributed by atoms with Crippen LogP contribution in [-0.2, 0) is 4.74 Å². The van der Waals surface area contributed by atoms with Gasteiger partial charge in [-0.2, -0.15) is 5.26 Å². The fourth-order valence-electron chi connectivity index (χ4n) is 2.61. The molecule has 0 aromatic rings. The van der Waals surface area contributed by atoms with Gasteiger partial charge in [-0.1, -0.05) is 6.92 Å². The molecule has 0 radical (unpaired) electrons. The highest BCUT2D eigenvalue weighted by Gasteiger charge is 2.54. The summed E-state index contributed by atoms with van der Waals surface area (Å²) in [7, 11) is 0. The van der Waals surface area contributed by atoms with Gasteiger partial charge in [-0.25, -0.2) is 0 Å². The first-order chi connectivity index (χ1) is 6.67. The average molecular weight is 215 g/mol. The average Bonchev–Trinajstić information content (AvgIpc) is 2.18. The molecule has 14 heavy (non-hydrogen) atoms. The molecule has 78 valence electrons. The molecule has 2 rings (SSSR count). The molecule has 0 bridgehead atoms. The summed E-state index contributed by atoms with van der Waals surface area (Å²) in [4.78, 5) is 1.66. The summed E-state index contributed by atoms with van der Waals surface area (Å²) in [6.07, 6.45) is 0.813. The van der Waals surface area contributed by atoms with Crippen molar-refractivity contribution in [3.05, 3.63) is 0 Å². The SMILES string of the molecule is CC1CC(Cl)(C#N)C1N1CCOCC1. The fraction of sp³-hybridized carbons (Fsp3) is 0.900. The third kappa shape index (κ3) is 1.52.